The molecule has 2 atom stereocenters. The van der Waals surface area contributed by atoms with Crippen LogP contribution in [0.1, 0.15) is 19.3 Å². The highest BCUT2D eigenvalue weighted by Crippen LogP contribution is 2.25. The topological polar surface area (TPSA) is 54.4 Å². The fraction of sp³-hybridized carbons (Fsp3) is 0.583. The molecular formula is C12H18N2O2. The van der Waals surface area contributed by atoms with Crippen molar-refractivity contribution in [3.05, 3.63) is 18.3 Å². The Kier molecular flexibility index (Phi) is 3.62. The van der Waals surface area contributed by atoms with Crippen LogP contribution >= 0.6 is 0 Å². The summed E-state index contributed by atoms with van der Waals surface area (Å²) in [5.41, 5.74) is 0. The summed E-state index contributed by atoms with van der Waals surface area (Å²) in [6.45, 7) is 0.792. The monoisotopic (exact) mass is 222 g/mol. The van der Waals surface area contributed by atoms with E-state index in [0.717, 1.165) is 37.4 Å². The van der Waals surface area contributed by atoms with Gasteiger partial charge in [0.25, 0.3) is 0 Å². The van der Waals surface area contributed by atoms with Crippen molar-refractivity contribution in [3.63, 3.8) is 0 Å². The van der Waals surface area contributed by atoms with Crippen molar-refractivity contribution in [3.8, 4) is 5.75 Å². The molecule has 4 nitrogen and oxygen atoms in total. The van der Waals surface area contributed by atoms with Crippen LogP contribution in [0.2, 0.25) is 0 Å². The summed E-state index contributed by atoms with van der Waals surface area (Å²) in [7, 11) is 1.62. The van der Waals surface area contributed by atoms with Crippen LogP contribution in [0.15, 0.2) is 18.3 Å². The lowest BCUT2D eigenvalue weighted by Gasteiger charge is -2.15. The maximum atomic E-state index is 9.67. The number of anilines is 1. The quantitative estimate of drug-likeness (QED) is 0.813. The summed E-state index contributed by atoms with van der Waals surface area (Å²) in [5.74, 6) is 1.95. The van der Waals surface area contributed by atoms with Crippen LogP contribution in [-0.2, 0) is 0 Å². The zero-order valence-electron chi connectivity index (χ0n) is 9.52. The van der Waals surface area contributed by atoms with E-state index in [-0.39, 0.29) is 6.10 Å². The molecule has 88 valence electrons. The smallest absolute Gasteiger partial charge is 0.137 e. The molecule has 0 aromatic carbocycles. The van der Waals surface area contributed by atoms with E-state index in [4.69, 9.17) is 4.74 Å². The fourth-order valence-electron chi connectivity index (χ4n) is 2.10. The van der Waals surface area contributed by atoms with Crippen molar-refractivity contribution < 1.29 is 9.84 Å². The van der Waals surface area contributed by atoms with Gasteiger partial charge in [-0.3, -0.25) is 0 Å². The second-order valence-electron chi connectivity index (χ2n) is 4.22. The first kappa shape index (κ1) is 11.2. The number of aliphatic hydroxyl groups is 1. The highest BCUT2D eigenvalue weighted by atomic mass is 16.5. The van der Waals surface area contributed by atoms with Gasteiger partial charge in [0, 0.05) is 12.5 Å². The Balaban J connectivity index is 1.84. The lowest BCUT2D eigenvalue weighted by molar-refractivity contribution is 0.138. The van der Waals surface area contributed by atoms with Crippen LogP contribution in [0.5, 0.6) is 5.75 Å². The number of nitrogens with zero attached hydrogens (tertiary/aromatic N) is 1. The number of aromatic nitrogens is 1. The minimum Gasteiger partial charge on any atom is -0.495 e. The predicted octanol–water partition coefficient (Wildman–Crippen LogP) is 1.66. The normalized spacial score (nSPS) is 24.4. The lowest BCUT2D eigenvalue weighted by atomic mass is 10.1. The van der Waals surface area contributed by atoms with E-state index in [0.29, 0.717) is 5.92 Å². The summed E-state index contributed by atoms with van der Waals surface area (Å²) < 4.78 is 5.03. The van der Waals surface area contributed by atoms with Gasteiger partial charge in [-0.25, -0.2) is 4.98 Å². The summed E-state index contributed by atoms with van der Waals surface area (Å²) in [5, 5.41) is 12.9. The lowest BCUT2D eigenvalue weighted by Crippen LogP contribution is -2.22. The Hall–Kier alpha value is -1.29. The highest BCUT2D eigenvalue weighted by molar-refractivity contribution is 5.37. The minimum atomic E-state index is -0.147. The molecule has 1 aliphatic carbocycles. The third-order valence-corrected chi connectivity index (χ3v) is 3.14. The molecule has 2 N–H and O–H groups in total. The van der Waals surface area contributed by atoms with E-state index in [9.17, 15) is 5.11 Å². The molecular weight excluding hydrogens is 204 g/mol. The Morgan fingerprint density at radius 3 is 2.94 bits per heavy atom. The van der Waals surface area contributed by atoms with Gasteiger partial charge in [0.1, 0.15) is 11.6 Å². The van der Waals surface area contributed by atoms with Crippen LogP contribution in [0, 0.1) is 5.92 Å². The van der Waals surface area contributed by atoms with Gasteiger partial charge >= 0.3 is 0 Å². The number of hydrogen-bond acceptors (Lipinski definition) is 4. The van der Waals surface area contributed by atoms with E-state index < -0.39 is 0 Å². The molecule has 0 saturated heterocycles. The van der Waals surface area contributed by atoms with Crippen molar-refractivity contribution in [1.82, 2.24) is 4.98 Å². The molecule has 2 unspecified atom stereocenters. The molecule has 1 aromatic rings. The molecule has 0 bridgehead atoms. The van der Waals surface area contributed by atoms with Gasteiger partial charge in [0.2, 0.25) is 0 Å². The molecule has 1 aromatic heterocycles. The standard InChI is InChI=1S/C12H18N2O2/c1-16-10-5-6-12(14-8-10)13-7-9-3-2-4-11(9)15/h5-6,8-9,11,15H,2-4,7H2,1H3,(H,13,14). The van der Waals surface area contributed by atoms with Gasteiger partial charge in [-0.1, -0.05) is 6.42 Å². The first-order valence-corrected chi connectivity index (χ1v) is 5.71. The molecule has 1 heterocycles. The second-order valence-corrected chi connectivity index (χ2v) is 4.22. The maximum absolute atomic E-state index is 9.67. The van der Waals surface area contributed by atoms with Crippen LogP contribution in [0.4, 0.5) is 5.82 Å². The third kappa shape index (κ3) is 2.64. The SMILES string of the molecule is COc1ccc(NCC2CCCC2O)nc1. The Morgan fingerprint density at radius 2 is 2.38 bits per heavy atom. The molecule has 1 aliphatic rings. The van der Waals surface area contributed by atoms with Crippen molar-refractivity contribution >= 4 is 5.82 Å². The summed E-state index contributed by atoms with van der Waals surface area (Å²) in [4.78, 5) is 4.22. The predicted molar refractivity (Wildman–Crippen MR) is 62.6 cm³/mol. The molecule has 4 heteroatoms. The first-order valence-electron chi connectivity index (χ1n) is 5.71. The molecule has 1 fully saturated rings. The first-order chi connectivity index (χ1) is 7.79. The summed E-state index contributed by atoms with van der Waals surface area (Å²) in [6, 6.07) is 3.76. The zero-order valence-corrected chi connectivity index (χ0v) is 9.52. The second kappa shape index (κ2) is 5.16. The van der Waals surface area contributed by atoms with Gasteiger partial charge < -0.3 is 15.2 Å². The van der Waals surface area contributed by atoms with E-state index >= 15 is 0 Å². The molecule has 1 saturated carbocycles. The molecule has 0 amide bonds. The van der Waals surface area contributed by atoms with E-state index in [1.54, 1.807) is 13.3 Å². The zero-order chi connectivity index (χ0) is 11.4. The van der Waals surface area contributed by atoms with Gasteiger partial charge in [-0.2, -0.15) is 0 Å². The minimum absolute atomic E-state index is 0.147. The van der Waals surface area contributed by atoms with Crippen molar-refractivity contribution in [1.29, 1.82) is 0 Å². The van der Waals surface area contributed by atoms with Crippen molar-refractivity contribution in [2.24, 2.45) is 5.92 Å². The number of ether oxygens (including phenoxy) is 1. The van der Waals surface area contributed by atoms with Gasteiger partial charge in [-0.15, -0.1) is 0 Å². The molecule has 2 rings (SSSR count). The number of methoxy groups -OCH3 is 1. The molecule has 0 aliphatic heterocycles. The van der Waals surface area contributed by atoms with Crippen molar-refractivity contribution in [2.45, 2.75) is 25.4 Å². The number of hydrogen-bond donors (Lipinski definition) is 2. The number of pyridine rings is 1. The molecule has 0 radical (unpaired) electrons. The van der Waals surface area contributed by atoms with Gasteiger partial charge in [-0.05, 0) is 25.0 Å². The summed E-state index contributed by atoms with van der Waals surface area (Å²) >= 11 is 0. The average molecular weight is 222 g/mol. The van der Waals surface area contributed by atoms with Crippen LogP contribution in [-0.4, -0.2) is 29.8 Å². The van der Waals surface area contributed by atoms with E-state index in [1.165, 1.54) is 0 Å². The van der Waals surface area contributed by atoms with Crippen LogP contribution < -0.4 is 10.1 Å². The summed E-state index contributed by atoms with van der Waals surface area (Å²) in [6.07, 6.45) is 4.70. The largest absolute Gasteiger partial charge is 0.495 e. The molecule has 16 heavy (non-hydrogen) atoms. The van der Waals surface area contributed by atoms with Gasteiger partial charge in [0.15, 0.2) is 0 Å². The average Bonchev–Trinajstić information content (AvgIpc) is 2.73. The fourth-order valence-corrected chi connectivity index (χ4v) is 2.10. The molecule has 0 spiro atoms. The van der Waals surface area contributed by atoms with Crippen molar-refractivity contribution in [2.75, 3.05) is 19.0 Å². The number of rotatable bonds is 4. The van der Waals surface area contributed by atoms with E-state index in [1.807, 2.05) is 12.1 Å². The third-order valence-electron chi connectivity index (χ3n) is 3.14. The number of aliphatic hydroxyl groups excluding tert-OH is 1. The van der Waals surface area contributed by atoms with E-state index in [2.05, 4.69) is 10.3 Å². The Morgan fingerprint density at radius 1 is 1.50 bits per heavy atom. The maximum Gasteiger partial charge on any atom is 0.137 e. The Bertz CT molecular complexity index is 326. The van der Waals surface area contributed by atoms with Crippen LogP contribution in [0.3, 0.4) is 0 Å². The highest BCUT2D eigenvalue weighted by Gasteiger charge is 2.24. The number of nitrogens with one attached hydrogen (secondary N) is 1. The van der Waals surface area contributed by atoms with Crippen LogP contribution in [0.25, 0.3) is 0 Å². The van der Waals surface area contributed by atoms with Gasteiger partial charge in [0.05, 0.1) is 19.4 Å². The Labute approximate surface area is 95.7 Å².